The molecule has 0 aromatic heterocycles. The summed E-state index contributed by atoms with van der Waals surface area (Å²) in [6.45, 7) is 0. The van der Waals surface area contributed by atoms with Crippen LogP contribution < -0.4 is 0 Å². The van der Waals surface area contributed by atoms with Crippen LogP contribution >= 0.6 is 15.9 Å². The lowest BCUT2D eigenvalue weighted by atomic mass is 9.95. The van der Waals surface area contributed by atoms with Gasteiger partial charge in [0.25, 0.3) is 0 Å². The number of halogens is 1. The zero-order valence-corrected chi connectivity index (χ0v) is 13.0. The Morgan fingerprint density at radius 3 is 2.14 bits per heavy atom. The van der Waals surface area contributed by atoms with Gasteiger partial charge in [-0.2, -0.15) is 0 Å². The predicted octanol–water partition coefficient (Wildman–Crippen LogP) is 6.42. The third-order valence-corrected chi connectivity index (χ3v) is 4.47. The van der Waals surface area contributed by atoms with E-state index in [0.29, 0.717) is 0 Å². The number of rotatable bonds is 1. The van der Waals surface area contributed by atoms with Crippen LogP contribution in [0, 0.1) is 0 Å². The topological polar surface area (TPSA) is 0 Å². The first-order valence-corrected chi connectivity index (χ1v) is 7.79. The average molecular weight is 333 g/mol. The fourth-order valence-corrected chi connectivity index (χ4v) is 3.19. The normalized spacial score (nSPS) is 11.1. The van der Waals surface area contributed by atoms with E-state index in [4.69, 9.17) is 0 Å². The molecule has 0 saturated heterocycles. The van der Waals surface area contributed by atoms with Crippen molar-refractivity contribution in [2.45, 2.75) is 0 Å². The van der Waals surface area contributed by atoms with Crippen molar-refractivity contribution in [3.8, 4) is 11.1 Å². The summed E-state index contributed by atoms with van der Waals surface area (Å²) in [4.78, 5) is 0. The fourth-order valence-electron chi connectivity index (χ4n) is 2.92. The van der Waals surface area contributed by atoms with Gasteiger partial charge in [-0.1, -0.05) is 82.7 Å². The molecule has 0 bridgehead atoms. The van der Waals surface area contributed by atoms with Crippen LogP contribution in [0.2, 0.25) is 0 Å². The summed E-state index contributed by atoms with van der Waals surface area (Å²) >= 11 is 3.50. The SMILES string of the molecule is Brc1ccc(-c2cccc3c2ccc2ccccc23)cc1. The van der Waals surface area contributed by atoms with Crippen molar-refractivity contribution < 1.29 is 0 Å². The lowest BCUT2D eigenvalue weighted by Gasteiger charge is -2.09. The van der Waals surface area contributed by atoms with Crippen LogP contribution in [0.25, 0.3) is 32.7 Å². The van der Waals surface area contributed by atoms with Crippen LogP contribution in [-0.2, 0) is 0 Å². The standard InChI is InChI=1S/C20H13Br/c21-16-11-8-15(9-12-16)18-6-3-7-19-17-5-2-1-4-14(17)10-13-20(18)19/h1-13H. The van der Waals surface area contributed by atoms with Gasteiger partial charge < -0.3 is 0 Å². The van der Waals surface area contributed by atoms with Gasteiger partial charge in [-0.25, -0.2) is 0 Å². The minimum absolute atomic E-state index is 1.11. The zero-order chi connectivity index (χ0) is 14.2. The van der Waals surface area contributed by atoms with Crippen molar-refractivity contribution in [2.75, 3.05) is 0 Å². The lowest BCUT2D eigenvalue weighted by Crippen LogP contribution is -1.83. The van der Waals surface area contributed by atoms with Gasteiger partial charge in [-0.3, -0.25) is 0 Å². The van der Waals surface area contributed by atoms with E-state index < -0.39 is 0 Å². The van der Waals surface area contributed by atoms with Gasteiger partial charge >= 0.3 is 0 Å². The molecule has 0 aliphatic carbocycles. The van der Waals surface area contributed by atoms with Gasteiger partial charge in [0.05, 0.1) is 0 Å². The van der Waals surface area contributed by atoms with E-state index in [0.717, 1.165) is 4.47 Å². The maximum Gasteiger partial charge on any atom is 0.0175 e. The van der Waals surface area contributed by atoms with Crippen molar-refractivity contribution in [3.63, 3.8) is 0 Å². The molecule has 1 heteroatoms. The number of fused-ring (bicyclic) bond motifs is 3. The maximum absolute atomic E-state index is 3.50. The van der Waals surface area contributed by atoms with Crippen molar-refractivity contribution in [2.24, 2.45) is 0 Å². The molecule has 0 saturated carbocycles. The Kier molecular flexibility index (Phi) is 3.01. The Labute approximate surface area is 132 Å². The van der Waals surface area contributed by atoms with E-state index in [1.807, 2.05) is 0 Å². The van der Waals surface area contributed by atoms with Crippen LogP contribution in [0.3, 0.4) is 0 Å². The predicted molar refractivity (Wildman–Crippen MR) is 94.6 cm³/mol. The Bertz CT molecular complexity index is 937. The van der Waals surface area contributed by atoms with Gasteiger partial charge in [0, 0.05) is 4.47 Å². The Hall–Kier alpha value is -2.12. The van der Waals surface area contributed by atoms with Gasteiger partial charge in [-0.05, 0) is 44.8 Å². The molecule has 21 heavy (non-hydrogen) atoms. The van der Waals surface area contributed by atoms with Crippen molar-refractivity contribution >= 4 is 37.5 Å². The molecule has 0 unspecified atom stereocenters. The second-order valence-electron chi connectivity index (χ2n) is 5.19. The second kappa shape index (κ2) is 5.01. The third-order valence-electron chi connectivity index (χ3n) is 3.94. The van der Waals surface area contributed by atoms with E-state index in [9.17, 15) is 0 Å². The molecule has 0 amide bonds. The monoisotopic (exact) mass is 332 g/mol. The zero-order valence-electron chi connectivity index (χ0n) is 11.4. The molecule has 0 spiro atoms. The van der Waals surface area contributed by atoms with E-state index in [-0.39, 0.29) is 0 Å². The minimum atomic E-state index is 1.11. The van der Waals surface area contributed by atoms with Gasteiger partial charge in [0.1, 0.15) is 0 Å². The highest BCUT2D eigenvalue weighted by Crippen LogP contribution is 2.33. The summed E-state index contributed by atoms with van der Waals surface area (Å²) in [6.07, 6.45) is 0. The van der Waals surface area contributed by atoms with E-state index in [2.05, 4.69) is 94.8 Å². The first-order chi connectivity index (χ1) is 10.3. The molecule has 0 atom stereocenters. The van der Waals surface area contributed by atoms with E-state index >= 15 is 0 Å². The van der Waals surface area contributed by atoms with Gasteiger partial charge in [0.2, 0.25) is 0 Å². The minimum Gasteiger partial charge on any atom is -0.0616 e. The lowest BCUT2D eigenvalue weighted by molar-refractivity contribution is 1.62. The molecule has 0 fully saturated rings. The van der Waals surface area contributed by atoms with Gasteiger partial charge in [0.15, 0.2) is 0 Å². The Morgan fingerprint density at radius 1 is 0.524 bits per heavy atom. The molecule has 0 aliphatic heterocycles. The third kappa shape index (κ3) is 2.14. The highest BCUT2D eigenvalue weighted by atomic mass is 79.9. The highest BCUT2D eigenvalue weighted by molar-refractivity contribution is 9.10. The Morgan fingerprint density at radius 2 is 1.29 bits per heavy atom. The molecule has 4 aromatic rings. The average Bonchev–Trinajstić information content (AvgIpc) is 2.55. The maximum atomic E-state index is 3.50. The van der Waals surface area contributed by atoms with Crippen molar-refractivity contribution in [1.29, 1.82) is 0 Å². The molecule has 100 valence electrons. The number of hydrogen-bond acceptors (Lipinski definition) is 0. The molecule has 0 nitrogen and oxygen atoms in total. The summed E-state index contributed by atoms with van der Waals surface area (Å²) < 4.78 is 1.11. The van der Waals surface area contributed by atoms with Crippen LogP contribution in [0.4, 0.5) is 0 Å². The quantitative estimate of drug-likeness (QED) is 0.352. The second-order valence-corrected chi connectivity index (χ2v) is 6.11. The highest BCUT2D eigenvalue weighted by Gasteiger charge is 2.06. The molecule has 4 aromatic carbocycles. The van der Waals surface area contributed by atoms with Crippen molar-refractivity contribution in [3.05, 3.63) is 83.3 Å². The summed E-state index contributed by atoms with van der Waals surface area (Å²) in [5.41, 5.74) is 2.53. The van der Waals surface area contributed by atoms with E-state index in [1.165, 1.54) is 32.7 Å². The summed E-state index contributed by atoms with van der Waals surface area (Å²) in [7, 11) is 0. The van der Waals surface area contributed by atoms with Crippen LogP contribution in [0.5, 0.6) is 0 Å². The van der Waals surface area contributed by atoms with Crippen molar-refractivity contribution in [1.82, 2.24) is 0 Å². The van der Waals surface area contributed by atoms with E-state index in [1.54, 1.807) is 0 Å². The van der Waals surface area contributed by atoms with Crippen LogP contribution in [0.1, 0.15) is 0 Å². The molecule has 0 heterocycles. The van der Waals surface area contributed by atoms with Crippen LogP contribution in [-0.4, -0.2) is 0 Å². The number of benzene rings is 4. The molecule has 0 aliphatic rings. The summed E-state index contributed by atoms with van der Waals surface area (Å²) in [5.74, 6) is 0. The molecule has 0 N–H and O–H groups in total. The first-order valence-electron chi connectivity index (χ1n) is 6.99. The first kappa shape index (κ1) is 12.6. The molecular formula is C20H13Br. The molecule has 0 radical (unpaired) electrons. The van der Waals surface area contributed by atoms with Gasteiger partial charge in [-0.15, -0.1) is 0 Å². The largest absolute Gasteiger partial charge is 0.0616 e. The summed E-state index contributed by atoms with van der Waals surface area (Å²) in [6, 6.07) is 28.1. The van der Waals surface area contributed by atoms with Crippen LogP contribution in [0.15, 0.2) is 83.3 Å². The fraction of sp³-hybridized carbons (Fsp3) is 0. The summed E-state index contributed by atoms with van der Waals surface area (Å²) in [5, 5.41) is 5.22. The molecular weight excluding hydrogens is 320 g/mol. The Balaban J connectivity index is 2.06. The molecule has 4 rings (SSSR count). The number of hydrogen-bond donors (Lipinski definition) is 0. The smallest absolute Gasteiger partial charge is 0.0175 e.